The number of phenols is 1. The largest absolute Gasteiger partial charge is 0.507 e. The van der Waals surface area contributed by atoms with Gasteiger partial charge in [0.05, 0.1) is 4.91 Å². The summed E-state index contributed by atoms with van der Waals surface area (Å²) in [7, 11) is 0. The number of piperidine rings is 1. The van der Waals surface area contributed by atoms with Gasteiger partial charge in [0.2, 0.25) is 0 Å². The van der Waals surface area contributed by atoms with Crippen molar-refractivity contribution in [1.29, 1.82) is 0 Å². The molecule has 0 bridgehead atoms. The second-order valence-corrected chi connectivity index (χ2v) is 6.57. The molecule has 21 heavy (non-hydrogen) atoms. The van der Waals surface area contributed by atoms with Crippen molar-refractivity contribution in [3.63, 3.8) is 0 Å². The monoisotopic (exact) mass is 302 g/mol. The normalized spacial score (nSPS) is 24.5. The molecule has 1 atom stereocenters. The summed E-state index contributed by atoms with van der Waals surface area (Å²) in [5, 5.41) is 10.6. The molecule has 1 saturated heterocycles. The van der Waals surface area contributed by atoms with Crippen LogP contribution in [0.4, 0.5) is 0 Å². The van der Waals surface area contributed by atoms with E-state index < -0.39 is 0 Å². The first kappa shape index (κ1) is 14.2. The molecule has 110 valence electrons. The molecular weight excluding hydrogens is 284 g/mol. The number of amides is 1. The number of carbonyl (C=O) groups excluding carboxylic acids is 1. The summed E-state index contributed by atoms with van der Waals surface area (Å²) in [5.41, 5.74) is 0.650. The van der Waals surface area contributed by atoms with Crippen molar-refractivity contribution >= 4 is 28.9 Å². The summed E-state index contributed by atoms with van der Waals surface area (Å²) in [6.45, 7) is 4.16. The Balaban J connectivity index is 1.77. The van der Waals surface area contributed by atoms with Crippen LogP contribution in [0.25, 0.3) is 6.08 Å². The van der Waals surface area contributed by atoms with Gasteiger partial charge < -0.3 is 10.0 Å². The molecule has 0 aromatic heterocycles. The third-order valence-corrected chi connectivity index (χ3v) is 4.80. The number of carbonyl (C=O) groups is 1. The Morgan fingerprint density at radius 3 is 3.00 bits per heavy atom. The van der Waals surface area contributed by atoms with Crippen LogP contribution < -0.4 is 0 Å². The number of phenolic OH excluding ortho intramolecular Hbond substituents is 1. The van der Waals surface area contributed by atoms with E-state index in [-0.39, 0.29) is 11.7 Å². The van der Waals surface area contributed by atoms with Crippen molar-refractivity contribution in [2.75, 3.05) is 13.1 Å². The summed E-state index contributed by atoms with van der Waals surface area (Å²) in [4.78, 5) is 19.0. The molecule has 0 spiro atoms. The van der Waals surface area contributed by atoms with Crippen molar-refractivity contribution in [2.24, 2.45) is 10.9 Å². The van der Waals surface area contributed by atoms with Crippen LogP contribution in [-0.2, 0) is 4.79 Å². The fraction of sp³-hybridized carbons (Fsp3) is 0.375. The van der Waals surface area contributed by atoms with Gasteiger partial charge in [0.1, 0.15) is 5.75 Å². The number of amidine groups is 1. The Labute approximate surface area is 128 Å². The van der Waals surface area contributed by atoms with Crippen LogP contribution in [0.2, 0.25) is 0 Å². The van der Waals surface area contributed by atoms with E-state index in [0.29, 0.717) is 16.4 Å². The van der Waals surface area contributed by atoms with E-state index in [1.165, 1.54) is 18.2 Å². The van der Waals surface area contributed by atoms with Crippen LogP contribution in [0, 0.1) is 5.92 Å². The third-order valence-electron chi connectivity index (χ3n) is 3.76. The Kier molecular flexibility index (Phi) is 4.01. The number of likely N-dealkylation sites (tertiary alicyclic amines) is 1. The zero-order valence-corrected chi connectivity index (χ0v) is 12.8. The van der Waals surface area contributed by atoms with E-state index in [0.717, 1.165) is 24.7 Å². The van der Waals surface area contributed by atoms with Crippen molar-refractivity contribution in [2.45, 2.75) is 19.8 Å². The molecule has 2 aliphatic rings. The number of thioether (sulfide) groups is 1. The van der Waals surface area contributed by atoms with Crippen LogP contribution in [-0.4, -0.2) is 34.2 Å². The topological polar surface area (TPSA) is 52.9 Å². The zero-order valence-electron chi connectivity index (χ0n) is 12.0. The lowest BCUT2D eigenvalue weighted by molar-refractivity contribution is -0.113. The highest BCUT2D eigenvalue weighted by molar-refractivity contribution is 8.18. The van der Waals surface area contributed by atoms with Crippen LogP contribution in [0.3, 0.4) is 0 Å². The molecular formula is C16H18N2O2S. The first-order valence-corrected chi connectivity index (χ1v) is 8.00. The van der Waals surface area contributed by atoms with Crippen LogP contribution >= 0.6 is 11.8 Å². The summed E-state index contributed by atoms with van der Waals surface area (Å²) < 4.78 is 0. The molecule has 0 unspecified atom stereocenters. The van der Waals surface area contributed by atoms with E-state index in [1.807, 2.05) is 6.07 Å². The van der Waals surface area contributed by atoms with E-state index >= 15 is 0 Å². The molecule has 1 N–H and O–H groups in total. The van der Waals surface area contributed by atoms with Crippen LogP contribution in [0.15, 0.2) is 34.2 Å². The Morgan fingerprint density at radius 2 is 2.24 bits per heavy atom. The Morgan fingerprint density at radius 1 is 1.43 bits per heavy atom. The molecule has 4 nitrogen and oxygen atoms in total. The SMILES string of the molecule is C[C@H]1CCCN(C2=NC(=O)/C(=C/c3ccccc3O)S2)C1. The Hall–Kier alpha value is -1.75. The van der Waals surface area contributed by atoms with Crippen molar-refractivity contribution in [3.05, 3.63) is 34.7 Å². The van der Waals surface area contributed by atoms with Crippen molar-refractivity contribution in [1.82, 2.24) is 4.90 Å². The van der Waals surface area contributed by atoms with Gasteiger partial charge in [-0.05, 0) is 42.7 Å². The van der Waals surface area contributed by atoms with Gasteiger partial charge in [0, 0.05) is 18.7 Å². The smallest absolute Gasteiger partial charge is 0.286 e. The molecule has 3 rings (SSSR count). The summed E-state index contributed by atoms with van der Waals surface area (Å²) in [5.74, 6) is 0.610. The molecule has 1 aromatic carbocycles. The molecule has 1 amide bonds. The Bertz CT molecular complexity index is 624. The number of para-hydroxylation sites is 1. The molecule has 5 heteroatoms. The number of aliphatic imine (C=N–C) groups is 1. The first-order chi connectivity index (χ1) is 10.1. The average molecular weight is 302 g/mol. The van der Waals surface area contributed by atoms with Gasteiger partial charge in [0.15, 0.2) is 5.17 Å². The van der Waals surface area contributed by atoms with E-state index in [4.69, 9.17) is 0 Å². The average Bonchev–Trinajstić information content (AvgIpc) is 2.83. The van der Waals surface area contributed by atoms with E-state index in [9.17, 15) is 9.90 Å². The lowest BCUT2D eigenvalue weighted by Gasteiger charge is -2.31. The summed E-state index contributed by atoms with van der Waals surface area (Å²) in [6.07, 6.45) is 4.10. The van der Waals surface area contributed by atoms with Gasteiger partial charge in [-0.15, -0.1) is 0 Å². The number of hydrogen-bond donors (Lipinski definition) is 1. The maximum Gasteiger partial charge on any atom is 0.286 e. The van der Waals surface area contributed by atoms with Gasteiger partial charge in [-0.2, -0.15) is 4.99 Å². The fourth-order valence-corrected chi connectivity index (χ4v) is 3.59. The standard InChI is InChI=1S/C16H18N2O2S/c1-11-5-4-8-18(10-11)16-17-15(20)14(21-16)9-12-6-2-3-7-13(12)19/h2-3,6-7,9,11,19H,4-5,8,10H2,1H3/b14-9-/t11-/m0/s1. The highest BCUT2D eigenvalue weighted by Crippen LogP contribution is 2.33. The number of aromatic hydroxyl groups is 1. The lowest BCUT2D eigenvalue weighted by Crippen LogP contribution is -2.37. The van der Waals surface area contributed by atoms with E-state index in [2.05, 4.69) is 16.8 Å². The minimum atomic E-state index is -0.212. The zero-order chi connectivity index (χ0) is 14.8. The van der Waals surface area contributed by atoms with Crippen LogP contribution in [0.5, 0.6) is 5.75 Å². The van der Waals surface area contributed by atoms with Gasteiger partial charge in [-0.1, -0.05) is 25.1 Å². The highest BCUT2D eigenvalue weighted by atomic mass is 32.2. The summed E-state index contributed by atoms with van der Waals surface area (Å²) in [6, 6.07) is 7.00. The number of hydrogen-bond acceptors (Lipinski definition) is 4. The second-order valence-electron chi connectivity index (χ2n) is 5.56. The fourth-order valence-electron chi connectivity index (χ4n) is 2.65. The lowest BCUT2D eigenvalue weighted by atomic mass is 10.0. The molecule has 2 aliphatic heterocycles. The highest BCUT2D eigenvalue weighted by Gasteiger charge is 2.28. The molecule has 0 saturated carbocycles. The van der Waals surface area contributed by atoms with Gasteiger partial charge in [-0.3, -0.25) is 4.79 Å². The number of benzene rings is 1. The minimum Gasteiger partial charge on any atom is -0.507 e. The summed E-state index contributed by atoms with van der Waals surface area (Å²) >= 11 is 1.41. The van der Waals surface area contributed by atoms with Crippen molar-refractivity contribution < 1.29 is 9.90 Å². The van der Waals surface area contributed by atoms with Crippen molar-refractivity contribution in [3.8, 4) is 5.75 Å². The molecule has 0 radical (unpaired) electrons. The van der Waals surface area contributed by atoms with Gasteiger partial charge >= 0.3 is 0 Å². The third kappa shape index (κ3) is 3.13. The molecule has 1 fully saturated rings. The molecule has 0 aliphatic carbocycles. The predicted molar refractivity (Wildman–Crippen MR) is 86.1 cm³/mol. The molecule has 2 heterocycles. The maximum absolute atomic E-state index is 12.0. The quantitative estimate of drug-likeness (QED) is 0.810. The van der Waals surface area contributed by atoms with Crippen LogP contribution in [0.1, 0.15) is 25.3 Å². The number of nitrogens with zero attached hydrogens (tertiary/aromatic N) is 2. The predicted octanol–water partition coefficient (Wildman–Crippen LogP) is 3.09. The second kappa shape index (κ2) is 5.93. The minimum absolute atomic E-state index is 0.179. The number of rotatable bonds is 1. The first-order valence-electron chi connectivity index (χ1n) is 7.19. The molecule has 1 aromatic rings. The van der Waals surface area contributed by atoms with E-state index in [1.54, 1.807) is 24.3 Å². The van der Waals surface area contributed by atoms with Gasteiger partial charge in [-0.25, -0.2) is 0 Å². The van der Waals surface area contributed by atoms with Gasteiger partial charge in [0.25, 0.3) is 5.91 Å². The maximum atomic E-state index is 12.0.